The smallest absolute Gasteiger partial charge is 0.189 e. The first kappa shape index (κ1) is 23.4. The first-order valence-corrected chi connectivity index (χ1v) is 10.9. The van der Waals surface area contributed by atoms with Crippen molar-refractivity contribution in [1.29, 1.82) is 0 Å². The van der Waals surface area contributed by atoms with E-state index in [1.54, 1.807) is 6.08 Å². The summed E-state index contributed by atoms with van der Waals surface area (Å²) in [5.41, 5.74) is 3.64. The second-order valence-electron chi connectivity index (χ2n) is 8.44. The van der Waals surface area contributed by atoms with Crippen molar-refractivity contribution in [1.82, 2.24) is 0 Å². The lowest BCUT2D eigenvalue weighted by Gasteiger charge is -2.40. The number of methoxy groups -OCH3 is 1. The highest BCUT2D eigenvalue weighted by molar-refractivity contribution is 6.08. The molecule has 0 saturated carbocycles. The lowest BCUT2D eigenvalue weighted by Crippen LogP contribution is -2.55. The molecule has 2 aromatic carbocycles. The summed E-state index contributed by atoms with van der Waals surface area (Å²) in [6, 6.07) is 8.62. The van der Waals surface area contributed by atoms with Gasteiger partial charge >= 0.3 is 0 Å². The molecule has 33 heavy (non-hydrogen) atoms. The van der Waals surface area contributed by atoms with Crippen molar-refractivity contribution in [3.8, 4) is 11.5 Å². The van der Waals surface area contributed by atoms with Crippen LogP contribution in [0.3, 0.4) is 0 Å². The molecule has 1 saturated heterocycles. The third kappa shape index (κ3) is 4.53. The van der Waals surface area contributed by atoms with Crippen LogP contribution in [0.25, 0.3) is 6.08 Å². The second kappa shape index (κ2) is 9.62. The molecule has 0 aromatic heterocycles. The summed E-state index contributed by atoms with van der Waals surface area (Å²) in [6.07, 6.45) is -0.722. The van der Waals surface area contributed by atoms with Crippen molar-refractivity contribution < 1.29 is 39.8 Å². The van der Waals surface area contributed by atoms with E-state index in [4.69, 9.17) is 9.47 Å². The molecule has 176 valence electrons. The maximum atomic E-state index is 12.9. The molecule has 2 aliphatic rings. The van der Waals surface area contributed by atoms with Crippen molar-refractivity contribution >= 4 is 11.9 Å². The number of aliphatic hydroxyl groups is 4. The normalized spacial score (nSPS) is 27.0. The van der Waals surface area contributed by atoms with Crippen LogP contribution in [0.5, 0.6) is 11.5 Å². The number of carbonyl (C=O) groups excluding carboxylic acids is 1. The SMILES string of the molecule is COc1cc(O)c(C(=O)C=Cc2ccc3c(c2)CCC3)cc1C1OC(CO)C(O)C(O)C1O. The van der Waals surface area contributed by atoms with Gasteiger partial charge in [-0.1, -0.05) is 24.3 Å². The Hall–Kier alpha value is -2.75. The largest absolute Gasteiger partial charge is 0.507 e. The number of phenolic OH excluding ortho intramolecular Hbond substituents is 1. The van der Waals surface area contributed by atoms with Crippen LogP contribution in [0.4, 0.5) is 0 Å². The summed E-state index contributed by atoms with van der Waals surface area (Å²) in [5.74, 6) is -0.665. The minimum atomic E-state index is -1.58. The molecule has 0 spiro atoms. The van der Waals surface area contributed by atoms with Crippen molar-refractivity contribution in [2.24, 2.45) is 0 Å². The monoisotopic (exact) mass is 456 g/mol. The Balaban J connectivity index is 1.64. The number of benzene rings is 2. The van der Waals surface area contributed by atoms with Gasteiger partial charge in [0.1, 0.15) is 42.0 Å². The molecule has 1 aliphatic carbocycles. The Morgan fingerprint density at radius 1 is 1.09 bits per heavy atom. The molecule has 5 unspecified atom stereocenters. The number of hydrogen-bond acceptors (Lipinski definition) is 8. The van der Waals surface area contributed by atoms with Gasteiger partial charge in [-0.25, -0.2) is 0 Å². The highest BCUT2D eigenvalue weighted by Crippen LogP contribution is 2.40. The van der Waals surface area contributed by atoms with Crippen molar-refractivity contribution in [2.75, 3.05) is 13.7 Å². The number of aliphatic hydroxyl groups excluding tert-OH is 4. The molecule has 0 bridgehead atoms. The van der Waals surface area contributed by atoms with Crippen molar-refractivity contribution in [2.45, 2.75) is 49.8 Å². The minimum Gasteiger partial charge on any atom is -0.507 e. The van der Waals surface area contributed by atoms with Crippen LogP contribution in [0.1, 0.15) is 45.1 Å². The standard InChI is InChI=1S/C25H28O8/c1-32-20-11-19(28)16(10-17(20)25-24(31)23(30)22(29)21(12-26)33-25)18(27)8-6-13-5-7-14-3-2-4-15(14)9-13/h5-11,21-26,28-31H,2-4,12H2,1H3. The summed E-state index contributed by atoms with van der Waals surface area (Å²) in [7, 11) is 1.34. The Labute approximate surface area is 191 Å². The second-order valence-corrected chi connectivity index (χ2v) is 8.44. The fourth-order valence-electron chi connectivity index (χ4n) is 4.50. The first-order valence-electron chi connectivity index (χ1n) is 10.9. The fourth-order valence-corrected chi connectivity index (χ4v) is 4.50. The van der Waals surface area contributed by atoms with Crippen LogP contribution in [0.2, 0.25) is 0 Å². The van der Waals surface area contributed by atoms with E-state index in [2.05, 4.69) is 12.1 Å². The molecular weight excluding hydrogens is 428 g/mol. The van der Waals surface area contributed by atoms with Gasteiger partial charge in [0.15, 0.2) is 5.78 Å². The molecular formula is C25H28O8. The summed E-state index contributed by atoms with van der Waals surface area (Å²) < 4.78 is 10.9. The third-order valence-corrected chi connectivity index (χ3v) is 6.36. The minimum absolute atomic E-state index is 0.0415. The molecule has 5 atom stereocenters. The highest BCUT2D eigenvalue weighted by atomic mass is 16.5. The van der Waals surface area contributed by atoms with Gasteiger partial charge < -0.3 is 35.0 Å². The molecule has 2 aromatic rings. The number of ether oxygens (including phenoxy) is 2. The van der Waals surface area contributed by atoms with Gasteiger partial charge in [-0.3, -0.25) is 4.79 Å². The number of phenols is 1. The van der Waals surface area contributed by atoms with Gasteiger partial charge in [0.2, 0.25) is 0 Å². The maximum absolute atomic E-state index is 12.9. The zero-order chi connectivity index (χ0) is 23.7. The number of aryl methyl sites for hydroxylation is 2. The molecule has 1 fully saturated rings. The third-order valence-electron chi connectivity index (χ3n) is 6.36. The molecule has 4 rings (SSSR count). The van der Waals surface area contributed by atoms with Gasteiger partial charge in [-0.15, -0.1) is 0 Å². The first-order chi connectivity index (χ1) is 15.8. The average Bonchev–Trinajstić information content (AvgIpc) is 3.29. The zero-order valence-electron chi connectivity index (χ0n) is 18.2. The lowest BCUT2D eigenvalue weighted by molar-refractivity contribution is -0.232. The van der Waals surface area contributed by atoms with E-state index in [1.807, 2.05) is 6.07 Å². The number of carbonyl (C=O) groups is 1. The van der Waals surface area contributed by atoms with Gasteiger partial charge in [-0.05, 0) is 48.1 Å². The summed E-state index contributed by atoms with van der Waals surface area (Å²) in [6.45, 7) is -0.586. The van der Waals surface area contributed by atoms with E-state index in [1.165, 1.54) is 36.4 Å². The molecule has 1 aliphatic heterocycles. The lowest BCUT2D eigenvalue weighted by atomic mass is 9.89. The number of rotatable bonds is 6. The molecule has 0 amide bonds. The quantitative estimate of drug-likeness (QED) is 0.324. The van der Waals surface area contributed by atoms with Crippen LogP contribution in [0, 0.1) is 0 Å². The predicted molar refractivity (Wildman–Crippen MR) is 119 cm³/mol. The maximum Gasteiger partial charge on any atom is 0.189 e. The molecule has 0 radical (unpaired) electrons. The summed E-state index contributed by atoms with van der Waals surface area (Å²) in [4.78, 5) is 12.9. The Morgan fingerprint density at radius 2 is 1.85 bits per heavy atom. The number of allylic oxidation sites excluding steroid dienone is 1. The Kier molecular flexibility index (Phi) is 6.83. The van der Waals surface area contributed by atoms with E-state index in [9.17, 15) is 30.3 Å². The summed E-state index contributed by atoms with van der Waals surface area (Å²) >= 11 is 0. The number of fused-ring (bicyclic) bond motifs is 1. The van der Waals surface area contributed by atoms with Crippen LogP contribution in [0.15, 0.2) is 36.4 Å². The van der Waals surface area contributed by atoms with E-state index >= 15 is 0 Å². The van der Waals surface area contributed by atoms with Crippen LogP contribution in [-0.4, -0.2) is 69.4 Å². The fraction of sp³-hybridized carbons (Fsp3) is 0.400. The van der Waals surface area contributed by atoms with E-state index in [0.717, 1.165) is 24.8 Å². The predicted octanol–water partition coefficient (Wildman–Crippen LogP) is 1.30. The topological polar surface area (TPSA) is 137 Å². The Morgan fingerprint density at radius 3 is 2.58 bits per heavy atom. The van der Waals surface area contributed by atoms with Gasteiger partial charge in [0.25, 0.3) is 0 Å². The van der Waals surface area contributed by atoms with Crippen molar-refractivity contribution in [3.63, 3.8) is 0 Å². The summed E-state index contributed by atoms with van der Waals surface area (Å²) in [5, 5.41) is 50.6. The van der Waals surface area contributed by atoms with Crippen LogP contribution >= 0.6 is 0 Å². The van der Waals surface area contributed by atoms with Gasteiger partial charge in [0.05, 0.1) is 19.3 Å². The number of hydrogen-bond donors (Lipinski definition) is 5. The van der Waals surface area contributed by atoms with E-state index in [-0.39, 0.29) is 22.6 Å². The number of aromatic hydroxyl groups is 1. The highest BCUT2D eigenvalue weighted by Gasteiger charge is 2.45. The molecule has 8 heteroatoms. The van der Waals surface area contributed by atoms with Crippen LogP contribution in [-0.2, 0) is 17.6 Å². The molecule has 8 nitrogen and oxygen atoms in total. The van der Waals surface area contributed by atoms with E-state index in [0.29, 0.717) is 0 Å². The van der Waals surface area contributed by atoms with Gasteiger partial charge in [0, 0.05) is 11.6 Å². The Bertz CT molecular complexity index is 1060. The number of ketones is 1. The zero-order valence-corrected chi connectivity index (χ0v) is 18.2. The molecule has 1 heterocycles. The van der Waals surface area contributed by atoms with Gasteiger partial charge in [-0.2, -0.15) is 0 Å². The van der Waals surface area contributed by atoms with Crippen LogP contribution < -0.4 is 4.74 Å². The van der Waals surface area contributed by atoms with Crippen molar-refractivity contribution in [3.05, 3.63) is 64.2 Å². The average molecular weight is 456 g/mol. The molecule has 5 N–H and O–H groups in total. The van der Waals surface area contributed by atoms with E-state index < -0.39 is 42.9 Å².